The van der Waals surface area contributed by atoms with Gasteiger partial charge >= 0.3 is 0 Å². The Balaban J connectivity index is 2.02. The number of benzene rings is 1. The topological polar surface area (TPSA) is 47.3 Å². The van der Waals surface area contributed by atoms with E-state index in [-0.39, 0.29) is 12.1 Å². The number of ether oxygens (including phenoxy) is 1. The molecule has 1 aromatic heterocycles. The van der Waals surface area contributed by atoms with Crippen molar-refractivity contribution in [3.05, 3.63) is 52.2 Å². The van der Waals surface area contributed by atoms with E-state index in [2.05, 4.69) is 34.4 Å². The molecule has 1 atom stereocenters. The van der Waals surface area contributed by atoms with Crippen molar-refractivity contribution in [2.45, 2.75) is 38.8 Å². The number of hydrazine groups is 1. The Morgan fingerprint density at radius 2 is 2.15 bits per heavy atom. The monoisotopic (exact) mass is 290 g/mol. The van der Waals surface area contributed by atoms with Crippen LogP contribution in [0, 0.1) is 0 Å². The molecule has 0 saturated carbocycles. The van der Waals surface area contributed by atoms with Crippen molar-refractivity contribution in [2.24, 2.45) is 5.84 Å². The van der Waals surface area contributed by atoms with Crippen molar-refractivity contribution in [1.82, 2.24) is 5.43 Å². The molecule has 0 aliphatic carbocycles. The van der Waals surface area contributed by atoms with Crippen LogP contribution in [0.2, 0.25) is 0 Å². The Kier molecular flexibility index (Phi) is 5.59. The molecule has 0 fully saturated rings. The molecule has 1 aromatic carbocycles. The van der Waals surface area contributed by atoms with Crippen molar-refractivity contribution in [3.8, 4) is 5.75 Å². The van der Waals surface area contributed by atoms with Gasteiger partial charge in [0.1, 0.15) is 5.75 Å². The van der Waals surface area contributed by atoms with Crippen molar-refractivity contribution < 1.29 is 4.74 Å². The maximum Gasteiger partial charge on any atom is 0.120 e. The first-order valence-electron chi connectivity index (χ1n) is 6.93. The molecule has 1 heterocycles. The van der Waals surface area contributed by atoms with E-state index in [0.29, 0.717) is 0 Å². The molecule has 0 aliphatic heterocycles. The standard InChI is InChI=1S/C16H22N2OS/c1-12(2)19-15-5-3-4-14(10-15)16(18-17)7-6-13-8-9-20-11-13/h3-5,8-12,16,18H,6-7,17H2,1-2H3. The average molecular weight is 290 g/mol. The minimum Gasteiger partial charge on any atom is -0.491 e. The second-order valence-electron chi connectivity index (χ2n) is 5.13. The zero-order chi connectivity index (χ0) is 14.4. The number of thiophene rings is 1. The first-order chi connectivity index (χ1) is 9.69. The molecular weight excluding hydrogens is 268 g/mol. The molecule has 0 bridgehead atoms. The maximum atomic E-state index is 5.73. The van der Waals surface area contributed by atoms with Crippen LogP contribution in [-0.2, 0) is 6.42 Å². The Labute approximate surface area is 124 Å². The molecule has 0 spiro atoms. The molecule has 3 nitrogen and oxygen atoms in total. The molecule has 0 aliphatic rings. The zero-order valence-corrected chi connectivity index (χ0v) is 12.8. The number of nitrogens with one attached hydrogen (secondary N) is 1. The van der Waals surface area contributed by atoms with Gasteiger partial charge in [0.15, 0.2) is 0 Å². The first kappa shape index (κ1) is 15.0. The van der Waals surface area contributed by atoms with Crippen LogP contribution in [0.25, 0.3) is 0 Å². The third-order valence-electron chi connectivity index (χ3n) is 3.14. The van der Waals surface area contributed by atoms with Crippen LogP contribution in [0.5, 0.6) is 5.75 Å². The van der Waals surface area contributed by atoms with E-state index in [9.17, 15) is 0 Å². The van der Waals surface area contributed by atoms with E-state index in [1.165, 1.54) is 11.1 Å². The quantitative estimate of drug-likeness (QED) is 0.604. The molecule has 20 heavy (non-hydrogen) atoms. The number of hydrogen-bond acceptors (Lipinski definition) is 4. The van der Waals surface area contributed by atoms with Crippen molar-refractivity contribution in [2.75, 3.05) is 0 Å². The maximum absolute atomic E-state index is 5.73. The van der Waals surface area contributed by atoms with E-state index in [0.717, 1.165) is 18.6 Å². The molecule has 0 radical (unpaired) electrons. The predicted octanol–water partition coefficient (Wildman–Crippen LogP) is 3.67. The third kappa shape index (κ3) is 4.34. The summed E-state index contributed by atoms with van der Waals surface area (Å²) in [6.45, 7) is 4.06. The van der Waals surface area contributed by atoms with E-state index >= 15 is 0 Å². The number of aryl methyl sites for hydroxylation is 1. The second-order valence-corrected chi connectivity index (χ2v) is 5.91. The van der Waals surface area contributed by atoms with Gasteiger partial charge in [0.05, 0.1) is 6.10 Å². The smallest absolute Gasteiger partial charge is 0.120 e. The highest BCUT2D eigenvalue weighted by Crippen LogP contribution is 2.23. The number of hydrogen-bond donors (Lipinski definition) is 2. The van der Waals surface area contributed by atoms with Gasteiger partial charge in [0.2, 0.25) is 0 Å². The normalized spacial score (nSPS) is 12.6. The van der Waals surface area contributed by atoms with Crippen molar-refractivity contribution in [1.29, 1.82) is 0 Å². The molecule has 1 unspecified atom stereocenters. The van der Waals surface area contributed by atoms with Gasteiger partial charge in [-0.1, -0.05) is 12.1 Å². The Morgan fingerprint density at radius 1 is 1.30 bits per heavy atom. The molecule has 3 N–H and O–H groups in total. The summed E-state index contributed by atoms with van der Waals surface area (Å²) in [4.78, 5) is 0. The summed E-state index contributed by atoms with van der Waals surface area (Å²) in [5.41, 5.74) is 5.44. The van der Waals surface area contributed by atoms with E-state index in [1.807, 2.05) is 26.0 Å². The lowest BCUT2D eigenvalue weighted by Gasteiger charge is -2.18. The lowest BCUT2D eigenvalue weighted by atomic mass is 10.0. The largest absolute Gasteiger partial charge is 0.491 e. The highest BCUT2D eigenvalue weighted by atomic mass is 32.1. The first-order valence-corrected chi connectivity index (χ1v) is 7.87. The molecule has 108 valence electrons. The summed E-state index contributed by atoms with van der Waals surface area (Å²) in [6.07, 6.45) is 2.17. The summed E-state index contributed by atoms with van der Waals surface area (Å²) in [5, 5.41) is 4.29. The minimum atomic E-state index is 0.144. The lowest BCUT2D eigenvalue weighted by Crippen LogP contribution is -2.28. The average Bonchev–Trinajstić information content (AvgIpc) is 2.92. The Hall–Kier alpha value is -1.36. The fourth-order valence-electron chi connectivity index (χ4n) is 2.17. The van der Waals surface area contributed by atoms with Gasteiger partial charge in [-0.15, -0.1) is 0 Å². The van der Waals surface area contributed by atoms with Crippen LogP contribution in [-0.4, -0.2) is 6.10 Å². The summed E-state index contributed by atoms with van der Waals surface area (Å²) < 4.78 is 5.73. The van der Waals surface area contributed by atoms with Gasteiger partial charge in [-0.2, -0.15) is 11.3 Å². The van der Waals surface area contributed by atoms with Crippen LogP contribution in [0.4, 0.5) is 0 Å². The minimum absolute atomic E-state index is 0.144. The summed E-state index contributed by atoms with van der Waals surface area (Å²) in [6, 6.07) is 10.5. The van der Waals surface area contributed by atoms with Gasteiger partial charge in [-0.25, -0.2) is 0 Å². The number of rotatable bonds is 7. The van der Waals surface area contributed by atoms with Crippen LogP contribution >= 0.6 is 11.3 Å². The summed E-state index contributed by atoms with van der Waals surface area (Å²) in [5.74, 6) is 6.60. The zero-order valence-electron chi connectivity index (χ0n) is 12.0. The van der Waals surface area contributed by atoms with Crippen LogP contribution < -0.4 is 16.0 Å². The van der Waals surface area contributed by atoms with Crippen LogP contribution in [0.3, 0.4) is 0 Å². The molecular formula is C16H22N2OS. The number of nitrogens with two attached hydrogens (primary N) is 1. The van der Waals surface area contributed by atoms with E-state index in [1.54, 1.807) is 11.3 Å². The van der Waals surface area contributed by atoms with Gasteiger partial charge in [0.25, 0.3) is 0 Å². The van der Waals surface area contributed by atoms with Crippen molar-refractivity contribution in [3.63, 3.8) is 0 Å². The molecule has 2 aromatic rings. The summed E-state index contributed by atoms with van der Waals surface area (Å²) in [7, 11) is 0. The van der Waals surface area contributed by atoms with Gasteiger partial charge in [-0.3, -0.25) is 11.3 Å². The van der Waals surface area contributed by atoms with E-state index < -0.39 is 0 Å². The lowest BCUT2D eigenvalue weighted by molar-refractivity contribution is 0.242. The molecule has 2 rings (SSSR count). The fraction of sp³-hybridized carbons (Fsp3) is 0.375. The predicted molar refractivity (Wildman–Crippen MR) is 84.9 cm³/mol. The molecule has 4 heteroatoms. The second kappa shape index (κ2) is 7.43. The molecule has 0 saturated heterocycles. The third-order valence-corrected chi connectivity index (χ3v) is 3.87. The Bertz CT molecular complexity index is 511. The highest BCUT2D eigenvalue weighted by molar-refractivity contribution is 7.07. The van der Waals surface area contributed by atoms with Gasteiger partial charge < -0.3 is 4.74 Å². The summed E-state index contributed by atoms with van der Waals surface area (Å²) >= 11 is 1.73. The molecule has 0 amide bonds. The fourth-order valence-corrected chi connectivity index (χ4v) is 2.87. The van der Waals surface area contributed by atoms with Gasteiger partial charge in [-0.05, 0) is 66.8 Å². The van der Waals surface area contributed by atoms with Crippen LogP contribution in [0.1, 0.15) is 37.4 Å². The Morgan fingerprint density at radius 3 is 2.80 bits per heavy atom. The van der Waals surface area contributed by atoms with E-state index in [4.69, 9.17) is 10.6 Å². The van der Waals surface area contributed by atoms with Crippen LogP contribution in [0.15, 0.2) is 41.1 Å². The van der Waals surface area contributed by atoms with Gasteiger partial charge in [0, 0.05) is 6.04 Å². The highest BCUT2D eigenvalue weighted by Gasteiger charge is 2.11. The van der Waals surface area contributed by atoms with Crippen molar-refractivity contribution >= 4 is 11.3 Å². The SMILES string of the molecule is CC(C)Oc1cccc(C(CCc2ccsc2)NN)c1.